The lowest BCUT2D eigenvalue weighted by molar-refractivity contribution is -0.120. The van der Waals surface area contributed by atoms with Gasteiger partial charge in [0.1, 0.15) is 5.75 Å². The van der Waals surface area contributed by atoms with E-state index in [4.69, 9.17) is 11.6 Å². The standard InChI is InChI=1S/C16H16ClNO3/c17-14-9-13(19)7-6-12(14)8-16(21)18-10-15(20)11-4-2-1-3-5-11/h1-7,9,15,19-20H,8,10H2,(H,18,21). The molecular weight excluding hydrogens is 290 g/mol. The number of aromatic hydroxyl groups is 1. The molecule has 4 nitrogen and oxygen atoms in total. The average molecular weight is 306 g/mol. The molecule has 21 heavy (non-hydrogen) atoms. The van der Waals surface area contributed by atoms with Gasteiger partial charge in [-0.1, -0.05) is 48.0 Å². The number of carbonyl (C=O) groups is 1. The highest BCUT2D eigenvalue weighted by Crippen LogP contribution is 2.21. The Bertz CT molecular complexity index is 616. The molecule has 0 aliphatic carbocycles. The van der Waals surface area contributed by atoms with Gasteiger partial charge in [-0.2, -0.15) is 0 Å². The number of nitrogens with one attached hydrogen (secondary N) is 1. The van der Waals surface area contributed by atoms with Gasteiger partial charge in [-0.15, -0.1) is 0 Å². The summed E-state index contributed by atoms with van der Waals surface area (Å²) in [7, 11) is 0. The highest BCUT2D eigenvalue weighted by atomic mass is 35.5. The Morgan fingerprint density at radius 2 is 1.90 bits per heavy atom. The molecule has 3 N–H and O–H groups in total. The molecule has 1 amide bonds. The maximum absolute atomic E-state index is 11.8. The molecule has 1 atom stereocenters. The van der Waals surface area contributed by atoms with E-state index in [-0.39, 0.29) is 24.6 Å². The minimum absolute atomic E-state index is 0.0589. The van der Waals surface area contributed by atoms with Crippen molar-refractivity contribution in [1.29, 1.82) is 0 Å². The number of aliphatic hydroxyl groups is 1. The van der Waals surface area contributed by atoms with E-state index in [0.717, 1.165) is 5.56 Å². The van der Waals surface area contributed by atoms with Crippen LogP contribution in [0.1, 0.15) is 17.2 Å². The van der Waals surface area contributed by atoms with Crippen molar-refractivity contribution in [3.8, 4) is 5.75 Å². The molecule has 0 spiro atoms. The number of halogens is 1. The van der Waals surface area contributed by atoms with Crippen molar-refractivity contribution in [2.24, 2.45) is 0 Å². The maximum atomic E-state index is 11.8. The van der Waals surface area contributed by atoms with Crippen molar-refractivity contribution in [3.63, 3.8) is 0 Å². The summed E-state index contributed by atoms with van der Waals surface area (Å²) in [6, 6.07) is 13.6. The molecule has 0 aliphatic rings. The summed E-state index contributed by atoms with van der Waals surface area (Å²) in [5.74, 6) is -0.179. The van der Waals surface area contributed by atoms with Crippen molar-refractivity contribution in [2.75, 3.05) is 6.54 Å². The number of phenols is 1. The molecule has 0 saturated heterocycles. The number of carbonyl (C=O) groups excluding carboxylic acids is 1. The van der Waals surface area contributed by atoms with Gasteiger partial charge < -0.3 is 15.5 Å². The molecule has 0 radical (unpaired) electrons. The second kappa shape index (κ2) is 7.11. The Labute approximate surface area is 128 Å². The van der Waals surface area contributed by atoms with Crippen LogP contribution >= 0.6 is 11.6 Å². The molecule has 2 rings (SSSR count). The number of rotatable bonds is 5. The van der Waals surface area contributed by atoms with E-state index in [2.05, 4.69) is 5.32 Å². The Morgan fingerprint density at radius 3 is 2.57 bits per heavy atom. The first-order valence-electron chi connectivity index (χ1n) is 6.53. The topological polar surface area (TPSA) is 69.6 Å². The summed E-state index contributed by atoms with van der Waals surface area (Å²) in [6.45, 7) is 0.137. The normalized spacial score (nSPS) is 11.9. The Balaban J connectivity index is 1.87. The third-order valence-corrected chi connectivity index (χ3v) is 3.42. The number of phenolic OH excluding ortho intramolecular Hbond substituents is 1. The van der Waals surface area contributed by atoms with Gasteiger partial charge in [0.2, 0.25) is 5.91 Å². The zero-order chi connectivity index (χ0) is 15.2. The molecule has 0 fully saturated rings. The number of hydrogen-bond acceptors (Lipinski definition) is 3. The zero-order valence-corrected chi connectivity index (χ0v) is 12.0. The molecule has 2 aromatic carbocycles. The van der Waals surface area contributed by atoms with Crippen LogP contribution in [0.3, 0.4) is 0 Å². The quantitative estimate of drug-likeness (QED) is 0.794. The summed E-state index contributed by atoms with van der Waals surface area (Å²) in [5, 5.41) is 22.2. The molecule has 110 valence electrons. The molecule has 0 heterocycles. The highest BCUT2D eigenvalue weighted by Gasteiger charge is 2.11. The summed E-state index contributed by atoms with van der Waals surface area (Å²) >= 11 is 5.94. The van der Waals surface area contributed by atoms with E-state index < -0.39 is 6.10 Å². The molecule has 2 aromatic rings. The smallest absolute Gasteiger partial charge is 0.224 e. The van der Waals surface area contributed by atoms with Gasteiger partial charge in [0.25, 0.3) is 0 Å². The largest absolute Gasteiger partial charge is 0.508 e. The van der Waals surface area contributed by atoms with Crippen LogP contribution in [0.2, 0.25) is 5.02 Å². The Kier molecular flexibility index (Phi) is 5.20. The van der Waals surface area contributed by atoms with Crippen LogP contribution in [-0.2, 0) is 11.2 Å². The van der Waals surface area contributed by atoms with Crippen molar-refractivity contribution in [2.45, 2.75) is 12.5 Å². The third-order valence-electron chi connectivity index (χ3n) is 3.06. The predicted molar refractivity (Wildman–Crippen MR) is 81.2 cm³/mol. The molecular formula is C16H16ClNO3. The van der Waals surface area contributed by atoms with Crippen molar-refractivity contribution >= 4 is 17.5 Å². The van der Waals surface area contributed by atoms with Crippen molar-refractivity contribution in [1.82, 2.24) is 5.32 Å². The van der Waals surface area contributed by atoms with Crippen LogP contribution in [0, 0.1) is 0 Å². The monoisotopic (exact) mass is 305 g/mol. The van der Waals surface area contributed by atoms with Gasteiger partial charge in [0.05, 0.1) is 12.5 Å². The SMILES string of the molecule is O=C(Cc1ccc(O)cc1Cl)NCC(O)c1ccccc1. The number of amides is 1. The van der Waals surface area contributed by atoms with Crippen LogP contribution in [0.5, 0.6) is 5.75 Å². The number of hydrogen-bond donors (Lipinski definition) is 3. The van der Waals surface area contributed by atoms with Crippen LogP contribution in [0.15, 0.2) is 48.5 Å². The summed E-state index contributed by atoms with van der Waals surface area (Å²) in [4.78, 5) is 11.8. The molecule has 0 saturated carbocycles. The van der Waals surface area contributed by atoms with Gasteiger partial charge >= 0.3 is 0 Å². The second-order valence-corrected chi connectivity index (χ2v) is 5.09. The van der Waals surface area contributed by atoms with Gasteiger partial charge in [-0.05, 0) is 23.3 Å². The minimum atomic E-state index is -0.745. The zero-order valence-electron chi connectivity index (χ0n) is 11.3. The Hall–Kier alpha value is -2.04. The highest BCUT2D eigenvalue weighted by molar-refractivity contribution is 6.31. The fraction of sp³-hybridized carbons (Fsp3) is 0.188. The lowest BCUT2D eigenvalue weighted by atomic mass is 10.1. The van der Waals surface area contributed by atoms with Gasteiger partial charge in [0.15, 0.2) is 0 Å². The predicted octanol–water partition coefficient (Wildman–Crippen LogP) is 2.44. The molecule has 1 unspecified atom stereocenters. The fourth-order valence-corrected chi connectivity index (χ4v) is 2.16. The van der Waals surface area contributed by atoms with Gasteiger partial charge in [0, 0.05) is 11.6 Å². The molecule has 0 bridgehead atoms. The van der Waals surface area contributed by atoms with E-state index in [9.17, 15) is 15.0 Å². The summed E-state index contributed by atoms with van der Waals surface area (Å²) in [5.41, 5.74) is 1.38. The molecule has 0 aromatic heterocycles. The molecule has 0 aliphatic heterocycles. The average Bonchev–Trinajstić information content (AvgIpc) is 2.48. The van der Waals surface area contributed by atoms with Gasteiger partial charge in [-0.3, -0.25) is 4.79 Å². The van der Waals surface area contributed by atoms with Crippen LogP contribution in [-0.4, -0.2) is 22.7 Å². The fourth-order valence-electron chi connectivity index (χ4n) is 1.92. The van der Waals surface area contributed by atoms with E-state index in [1.807, 2.05) is 18.2 Å². The second-order valence-electron chi connectivity index (χ2n) is 4.68. The summed E-state index contributed by atoms with van der Waals surface area (Å²) in [6.07, 6.45) is -0.647. The first-order chi connectivity index (χ1) is 10.1. The number of benzene rings is 2. The van der Waals surface area contributed by atoms with Gasteiger partial charge in [-0.25, -0.2) is 0 Å². The first-order valence-corrected chi connectivity index (χ1v) is 6.91. The lowest BCUT2D eigenvalue weighted by Gasteiger charge is -2.12. The first kappa shape index (κ1) is 15.4. The lowest BCUT2D eigenvalue weighted by Crippen LogP contribution is -2.29. The Morgan fingerprint density at radius 1 is 1.19 bits per heavy atom. The van der Waals surface area contributed by atoms with Crippen LogP contribution in [0.25, 0.3) is 0 Å². The molecule has 5 heteroatoms. The van der Waals surface area contributed by atoms with E-state index >= 15 is 0 Å². The third kappa shape index (κ3) is 4.48. The summed E-state index contributed by atoms with van der Waals surface area (Å²) < 4.78 is 0. The van der Waals surface area contributed by atoms with Crippen LogP contribution < -0.4 is 5.32 Å². The van der Waals surface area contributed by atoms with E-state index in [0.29, 0.717) is 10.6 Å². The van der Waals surface area contributed by atoms with Crippen molar-refractivity contribution < 1.29 is 15.0 Å². The van der Waals surface area contributed by atoms with Crippen LogP contribution in [0.4, 0.5) is 0 Å². The number of aliphatic hydroxyl groups excluding tert-OH is 1. The van der Waals surface area contributed by atoms with E-state index in [1.54, 1.807) is 18.2 Å². The van der Waals surface area contributed by atoms with E-state index in [1.165, 1.54) is 12.1 Å². The van der Waals surface area contributed by atoms with Crippen molar-refractivity contribution in [3.05, 3.63) is 64.7 Å². The minimum Gasteiger partial charge on any atom is -0.508 e. The maximum Gasteiger partial charge on any atom is 0.224 e.